The standard InChI is InChI=1S/C17H15FN6O3/c1-2-11-3-5-12(6-4-11)17-20-22-23(21-17)10-16(25)19-15-9-13(24(26)27)7-8-14(15)18/h3-9H,2,10H2,1H3,(H,19,25). The number of non-ortho nitro benzene ring substituents is 1. The van der Waals surface area contributed by atoms with Gasteiger partial charge in [-0.25, -0.2) is 4.39 Å². The van der Waals surface area contributed by atoms with Crippen LogP contribution in [0, 0.1) is 15.9 Å². The predicted octanol–water partition coefficient (Wildman–Crippen LogP) is 2.59. The van der Waals surface area contributed by atoms with Crippen LogP contribution in [0.15, 0.2) is 42.5 Å². The second kappa shape index (κ2) is 7.68. The van der Waals surface area contributed by atoms with E-state index in [2.05, 4.69) is 20.7 Å². The van der Waals surface area contributed by atoms with Gasteiger partial charge in [0.25, 0.3) is 5.69 Å². The van der Waals surface area contributed by atoms with Crippen molar-refractivity contribution < 1.29 is 14.1 Å². The van der Waals surface area contributed by atoms with Crippen LogP contribution in [0.3, 0.4) is 0 Å². The van der Waals surface area contributed by atoms with Crippen LogP contribution < -0.4 is 5.32 Å². The van der Waals surface area contributed by atoms with E-state index in [9.17, 15) is 19.3 Å². The lowest BCUT2D eigenvalue weighted by Crippen LogP contribution is -2.21. The number of nitrogens with zero attached hydrogens (tertiary/aromatic N) is 5. The van der Waals surface area contributed by atoms with Gasteiger partial charge >= 0.3 is 0 Å². The second-order valence-electron chi connectivity index (χ2n) is 5.66. The number of aryl methyl sites for hydroxylation is 1. The molecule has 0 saturated carbocycles. The molecule has 2 aromatic carbocycles. The average Bonchev–Trinajstić information content (AvgIpc) is 3.11. The van der Waals surface area contributed by atoms with E-state index in [1.54, 1.807) is 0 Å². The van der Waals surface area contributed by atoms with Crippen LogP contribution in [0.2, 0.25) is 0 Å². The lowest BCUT2D eigenvalue weighted by atomic mass is 10.1. The summed E-state index contributed by atoms with van der Waals surface area (Å²) in [5.41, 5.74) is 1.31. The van der Waals surface area contributed by atoms with Crippen LogP contribution in [-0.4, -0.2) is 31.0 Å². The maximum Gasteiger partial charge on any atom is 0.271 e. The van der Waals surface area contributed by atoms with Crippen LogP contribution in [0.5, 0.6) is 0 Å². The molecule has 0 saturated heterocycles. The van der Waals surface area contributed by atoms with Crippen LogP contribution in [0.4, 0.5) is 15.8 Å². The van der Waals surface area contributed by atoms with E-state index in [0.29, 0.717) is 5.82 Å². The summed E-state index contributed by atoms with van der Waals surface area (Å²) in [6.45, 7) is 1.73. The first-order valence-corrected chi connectivity index (χ1v) is 8.07. The number of nitro groups is 1. The lowest BCUT2D eigenvalue weighted by Gasteiger charge is -2.05. The van der Waals surface area contributed by atoms with Gasteiger partial charge in [-0.15, -0.1) is 10.2 Å². The van der Waals surface area contributed by atoms with Crippen molar-refractivity contribution in [2.45, 2.75) is 19.9 Å². The number of tetrazole rings is 1. The number of aromatic nitrogens is 4. The van der Waals surface area contributed by atoms with Gasteiger partial charge in [-0.2, -0.15) is 4.80 Å². The normalized spacial score (nSPS) is 10.6. The third-order valence-electron chi connectivity index (χ3n) is 3.79. The van der Waals surface area contributed by atoms with Gasteiger partial charge in [-0.3, -0.25) is 14.9 Å². The molecule has 27 heavy (non-hydrogen) atoms. The summed E-state index contributed by atoms with van der Waals surface area (Å²) in [5.74, 6) is -1.07. The Morgan fingerprint density at radius 3 is 2.67 bits per heavy atom. The van der Waals surface area contributed by atoms with Gasteiger partial charge in [0.15, 0.2) is 0 Å². The zero-order chi connectivity index (χ0) is 19.4. The molecule has 0 aliphatic rings. The summed E-state index contributed by atoms with van der Waals surface area (Å²) in [5, 5.41) is 24.8. The van der Waals surface area contributed by atoms with Crippen LogP contribution in [0.1, 0.15) is 12.5 Å². The predicted molar refractivity (Wildman–Crippen MR) is 94.3 cm³/mol. The molecular formula is C17H15FN6O3. The summed E-state index contributed by atoms with van der Waals surface area (Å²) in [6.07, 6.45) is 0.911. The average molecular weight is 370 g/mol. The summed E-state index contributed by atoms with van der Waals surface area (Å²) in [7, 11) is 0. The Bertz CT molecular complexity index is 987. The van der Waals surface area contributed by atoms with Gasteiger partial charge < -0.3 is 5.32 Å². The Morgan fingerprint density at radius 2 is 2.00 bits per heavy atom. The van der Waals surface area contributed by atoms with Gasteiger partial charge in [0.05, 0.1) is 10.6 Å². The summed E-state index contributed by atoms with van der Waals surface area (Å²) >= 11 is 0. The van der Waals surface area contributed by atoms with Crippen molar-refractivity contribution in [2.24, 2.45) is 0 Å². The highest BCUT2D eigenvalue weighted by Gasteiger charge is 2.15. The number of nitro benzene ring substituents is 1. The van der Waals surface area contributed by atoms with E-state index in [4.69, 9.17) is 0 Å². The number of hydrogen-bond acceptors (Lipinski definition) is 6. The summed E-state index contributed by atoms with van der Waals surface area (Å²) in [4.78, 5) is 23.2. The van der Waals surface area contributed by atoms with E-state index in [-0.39, 0.29) is 17.9 Å². The van der Waals surface area contributed by atoms with Crippen molar-refractivity contribution in [2.75, 3.05) is 5.32 Å². The molecule has 0 atom stereocenters. The van der Waals surface area contributed by atoms with Gasteiger partial charge in [0.2, 0.25) is 11.7 Å². The zero-order valence-electron chi connectivity index (χ0n) is 14.3. The Morgan fingerprint density at radius 1 is 1.26 bits per heavy atom. The number of rotatable bonds is 6. The maximum atomic E-state index is 13.7. The van der Waals surface area contributed by atoms with Crippen molar-refractivity contribution in [3.63, 3.8) is 0 Å². The first kappa shape index (κ1) is 18.1. The van der Waals surface area contributed by atoms with E-state index in [1.807, 2.05) is 31.2 Å². The lowest BCUT2D eigenvalue weighted by molar-refractivity contribution is -0.384. The smallest absolute Gasteiger partial charge is 0.271 e. The number of hydrogen-bond donors (Lipinski definition) is 1. The largest absolute Gasteiger partial charge is 0.322 e. The number of halogens is 1. The molecule has 3 rings (SSSR count). The molecule has 0 aliphatic heterocycles. The Kier molecular flexibility index (Phi) is 5.15. The molecule has 0 radical (unpaired) electrons. The van der Waals surface area contributed by atoms with Gasteiger partial charge in [0.1, 0.15) is 12.4 Å². The molecule has 1 heterocycles. The number of carbonyl (C=O) groups is 1. The fraction of sp³-hybridized carbons (Fsp3) is 0.176. The van der Waals surface area contributed by atoms with Crippen molar-refractivity contribution in [3.8, 4) is 11.4 Å². The highest BCUT2D eigenvalue weighted by molar-refractivity contribution is 5.90. The fourth-order valence-corrected chi connectivity index (χ4v) is 2.36. The van der Waals surface area contributed by atoms with Crippen LogP contribution in [0.25, 0.3) is 11.4 Å². The van der Waals surface area contributed by atoms with E-state index in [0.717, 1.165) is 35.0 Å². The third kappa shape index (κ3) is 4.29. The second-order valence-corrected chi connectivity index (χ2v) is 5.66. The monoisotopic (exact) mass is 370 g/mol. The fourth-order valence-electron chi connectivity index (χ4n) is 2.36. The minimum Gasteiger partial charge on any atom is -0.322 e. The Balaban J connectivity index is 1.69. The third-order valence-corrected chi connectivity index (χ3v) is 3.79. The zero-order valence-corrected chi connectivity index (χ0v) is 14.3. The van der Waals surface area contributed by atoms with Crippen LogP contribution in [-0.2, 0) is 17.8 Å². The molecular weight excluding hydrogens is 355 g/mol. The molecule has 3 aromatic rings. The number of nitrogens with one attached hydrogen (secondary N) is 1. The van der Waals surface area contributed by atoms with E-state index >= 15 is 0 Å². The molecule has 1 N–H and O–H groups in total. The molecule has 0 spiro atoms. The highest BCUT2D eigenvalue weighted by atomic mass is 19.1. The van der Waals surface area contributed by atoms with Gasteiger partial charge in [0, 0.05) is 17.7 Å². The van der Waals surface area contributed by atoms with Crippen molar-refractivity contribution in [1.29, 1.82) is 0 Å². The SMILES string of the molecule is CCc1ccc(-c2nnn(CC(=O)Nc3cc([N+](=O)[O-])ccc3F)n2)cc1. The Labute approximate surface area is 153 Å². The number of carbonyl (C=O) groups excluding carboxylic acids is 1. The Hall–Kier alpha value is -3.69. The first-order valence-electron chi connectivity index (χ1n) is 8.07. The van der Waals surface area contributed by atoms with Gasteiger partial charge in [-0.05, 0) is 23.3 Å². The van der Waals surface area contributed by atoms with Crippen molar-refractivity contribution in [3.05, 3.63) is 64.0 Å². The number of benzene rings is 2. The number of anilines is 1. The molecule has 0 aliphatic carbocycles. The molecule has 1 amide bonds. The molecule has 9 nitrogen and oxygen atoms in total. The van der Waals surface area contributed by atoms with E-state index in [1.165, 1.54) is 5.56 Å². The van der Waals surface area contributed by atoms with Gasteiger partial charge in [-0.1, -0.05) is 31.2 Å². The highest BCUT2D eigenvalue weighted by Crippen LogP contribution is 2.21. The molecule has 10 heteroatoms. The number of amides is 1. The molecule has 0 bridgehead atoms. The maximum absolute atomic E-state index is 13.7. The molecule has 0 fully saturated rings. The minimum atomic E-state index is -0.780. The molecule has 0 unspecified atom stereocenters. The quantitative estimate of drug-likeness (QED) is 0.527. The molecule has 1 aromatic heterocycles. The van der Waals surface area contributed by atoms with Crippen molar-refractivity contribution in [1.82, 2.24) is 20.2 Å². The van der Waals surface area contributed by atoms with Crippen LogP contribution >= 0.6 is 0 Å². The summed E-state index contributed by atoms with van der Waals surface area (Å²) in [6, 6.07) is 10.5. The minimum absolute atomic E-state index is 0.287. The summed E-state index contributed by atoms with van der Waals surface area (Å²) < 4.78 is 13.7. The first-order chi connectivity index (χ1) is 13.0. The topological polar surface area (TPSA) is 116 Å². The molecule has 138 valence electrons. The van der Waals surface area contributed by atoms with Crippen molar-refractivity contribution >= 4 is 17.3 Å². The van der Waals surface area contributed by atoms with E-state index < -0.39 is 16.6 Å².